The first kappa shape index (κ1) is 18.9. The van der Waals surface area contributed by atoms with Crippen LogP contribution in [0.25, 0.3) is 0 Å². The first-order chi connectivity index (χ1) is 13.6. The molecule has 2 N–H and O–H groups in total. The van der Waals surface area contributed by atoms with Crippen molar-refractivity contribution >= 4 is 11.7 Å². The molecule has 2 unspecified atom stereocenters. The molecule has 0 spiro atoms. The Morgan fingerprint density at radius 2 is 1.75 bits per heavy atom. The molecule has 2 aliphatic rings. The highest BCUT2D eigenvalue weighted by atomic mass is 19.1. The summed E-state index contributed by atoms with van der Waals surface area (Å²) in [5.41, 5.74) is 1.30. The number of carbonyl (C=O) groups is 1. The van der Waals surface area contributed by atoms with Crippen LogP contribution in [0, 0.1) is 11.6 Å². The maximum absolute atomic E-state index is 13.7. The van der Waals surface area contributed by atoms with Crippen LogP contribution in [0.5, 0.6) is 0 Å². The van der Waals surface area contributed by atoms with Gasteiger partial charge in [-0.1, -0.05) is 36.8 Å². The number of hydrogen-bond acceptors (Lipinski definition) is 2. The first-order valence-corrected chi connectivity index (χ1v) is 9.91. The summed E-state index contributed by atoms with van der Waals surface area (Å²) in [6.07, 6.45) is 5.27. The van der Waals surface area contributed by atoms with Crippen molar-refractivity contribution in [1.82, 2.24) is 10.2 Å². The topological polar surface area (TPSA) is 44.4 Å². The third-order valence-electron chi connectivity index (χ3n) is 5.85. The van der Waals surface area contributed by atoms with E-state index in [1.54, 1.807) is 0 Å². The zero-order valence-electron chi connectivity index (χ0n) is 15.7. The van der Waals surface area contributed by atoms with E-state index >= 15 is 0 Å². The Balaban J connectivity index is 1.36. The Bertz CT molecular complexity index is 816. The average Bonchev–Trinajstić information content (AvgIpc) is 2.65. The van der Waals surface area contributed by atoms with Crippen LogP contribution in [0.4, 0.5) is 19.3 Å². The summed E-state index contributed by atoms with van der Waals surface area (Å²) in [6, 6.07) is 14.1. The quantitative estimate of drug-likeness (QED) is 0.803. The molecule has 0 aromatic heterocycles. The van der Waals surface area contributed by atoms with Gasteiger partial charge in [0.1, 0.15) is 11.6 Å². The highest BCUT2D eigenvalue weighted by Crippen LogP contribution is 2.35. The molecule has 2 atom stereocenters. The van der Waals surface area contributed by atoms with Crippen LogP contribution in [0.1, 0.15) is 37.7 Å². The predicted molar refractivity (Wildman–Crippen MR) is 105 cm³/mol. The van der Waals surface area contributed by atoms with Gasteiger partial charge in [-0.3, -0.25) is 4.90 Å². The van der Waals surface area contributed by atoms with E-state index in [4.69, 9.17) is 0 Å². The van der Waals surface area contributed by atoms with Gasteiger partial charge in [-0.05, 0) is 43.4 Å². The molecular weight excluding hydrogens is 360 g/mol. The number of hydrogen-bond donors (Lipinski definition) is 2. The van der Waals surface area contributed by atoms with Crippen LogP contribution in [0.2, 0.25) is 0 Å². The van der Waals surface area contributed by atoms with Crippen molar-refractivity contribution < 1.29 is 13.6 Å². The average molecular weight is 385 g/mol. The number of piperidine rings is 2. The van der Waals surface area contributed by atoms with Gasteiger partial charge < -0.3 is 10.6 Å². The lowest BCUT2D eigenvalue weighted by molar-refractivity contribution is 0.0200. The molecule has 2 aliphatic heterocycles. The summed E-state index contributed by atoms with van der Waals surface area (Å²) < 4.78 is 26.8. The zero-order chi connectivity index (χ0) is 19.5. The largest absolute Gasteiger partial charge is 0.335 e. The first-order valence-electron chi connectivity index (χ1n) is 9.91. The maximum Gasteiger partial charge on any atom is 0.319 e. The number of anilines is 1. The van der Waals surface area contributed by atoms with Gasteiger partial charge in [-0.15, -0.1) is 0 Å². The second-order valence-corrected chi connectivity index (χ2v) is 7.79. The van der Waals surface area contributed by atoms with Gasteiger partial charge in [0, 0.05) is 30.7 Å². The second kappa shape index (κ2) is 8.27. The number of fused-ring (bicyclic) bond motifs is 2. The van der Waals surface area contributed by atoms with E-state index in [0.29, 0.717) is 12.1 Å². The molecule has 2 heterocycles. The molecule has 4 rings (SSSR count). The number of nitrogens with one attached hydrogen (secondary N) is 2. The van der Waals surface area contributed by atoms with Crippen LogP contribution in [-0.4, -0.2) is 29.1 Å². The molecule has 6 heteroatoms. The van der Waals surface area contributed by atoms with Crippen molar-refractivity contribution in [3.63, 3.8) is 0 Å². The number of urea groups is 1. The molecule has 2 amide bonds. The van der Waals surface area contributed by atoms with Crippen molar-refractivity contribution in [3.05, 3.63) is 65.7 Å². The lowest BCUT2D eigenvalue weighted by Crippen LogP contribution is -2.56. The highest BCUT2D eigenvalue weighted by Gasteiger charge is 2.38. The number of nitrogens with zero attached hydrogens (tertiary/aromatic N) is 1. The highest BCUT2D eigenvalue weighted by molar-refractivity contribution is 5.89. The van der Waals surface area contributed by atoms with E-state index in [0.717, 1.165) is 44.4 Å². The van der Waals surface area contributed by atoms with Gasteiger partial charge in [0.25, 0.3) is 0 Å². The lowest BCUT2D eigenvalue weighted by Gasteiger charge is -2.49. The Labute approximate surface area is 163 Å². The van der Waals surface area contributed by atoms with E-state index in [9.17, 15) is 13.6 Å². The Morgan fingerprint density at radius 1 is 1.04 bits per heavy atom. The van der Waals surface area contributed by atoms with E-state index in [-0.39, 0.29) is 11.7 Å². The Hall–Kier alpha value is -2.47. The van der Waals surface area contributed by atoms with E-state index < -0.39 is 17.7 Å². The number of amides is 2. The molecule has 4 nitrogen and oxygen atoms in total. The van der Waals surface area contributed by atoms with Crippen molar-refractivity contribution in [3.8, 4) is 0 Å². The summed E-state index contributed by atoms with van der Waals surface area (Å²) in [4.78, 5) is 14.9. The lowest BCUT2D eigenvalue weighted by atomic mass is 9.81. The molecule has 2 bridgehead atoms. The van der Waals surface area contributed by atoms with Crippen LogP contribution in [0.3, 0.4) is 0 Å². The smallest absolute Gasteiger partial charge is 0.319 e. The summed E-state index contributed by atoms with van der Waals surface area (Å²) in [6.45, 7) is 0.940. The summed E-state index contributed by atoms with van der Waals surface area (Å²) in [7, 11) is 0. The minimum atomic E-state index is -0.773. The zero-order valence-corrected chi connectivity index (χ0v) is 15.7. The predicted octanol–water partition coefficient (Wildman–Crippen LogP) is 4.67. The van der Waals surface area contributed by atoms with Crippen molar-refractivity contribution in [2.24, 2.45) is 0 Å². The fraction of sp³-hybridized carbons (Fsp3) is 0.409. The monoisotopic (exact) mass is 385 g/mol. The minimum Gasteiger partial charge on any atom is -0.335 e. The third-order valence-corrected chi connectivity index (χ3v) is 5.85. The van der Waals surface area contributed by atoms with Crippen LogP contribution >= 0.6 is 0 Å². The fourth-order valence-corrected chi connectivity index (χ4v) is 4.58. The number of halogens is 2. The minimum absolute atomic E-state index is 0.0133. The second-order valence-electron chi connectivity index (χ2n) is 7.79. The molecule has 0 aliphatic carbocycles. The van der Waals surface area contributed by atoms with Gasteiger partial charge in [0.05, 0.1) is 5.69 Å². The van der Waals surface area contributed by atoms with Crippen LogP contribution in [-0.2, 0) is 6.54 Å². The van der Waals surface area contributed by atoms with E-state index in [2.05, 4.69) is 39.8 Å². The summed E-state index contributed by atoms with van der Waals surface area (Å²) in [5, 5.41) is 5.48. The molecule has 2 aromatic rings. The van der Waals surface area contributed by atoms with Gasteiger partial charge >= 0.3 is 6.03 Å². The van der Waals surface area contributed by atoms with Gasteiger partial charge in [-0.2, -0.15) is 0 Å². The summed E-state index contributed by atoms with van der Waals surface area (Å²) in [5.74, 6) is -1.44. The van der Waals surface area contributed by atoms with Gasteiger partial charge in [0.2, 0.25) is 0 Å². The van der Waals surface area contributed by atoms with Crippen molar-refractivity contribution in [1.29, 1.82) is 0 Å². The third kappa shape index (κ3) is 4.33. The van der Waals surface area contributed by atoms with Gasteiger partial charge in [-0.25, -0.2) is 13.6 Å². The number of rotatable bonds is 4. The fourth-order valence-electron chi connectivity index (χ4n) is 4.58. The molecule has 0 radical (unpaired) electrons. The SMILES string of the molecule is O=C(Nc1ccc(F)cc1F)NC1CC2CCCC(C1)N2Cc1ccccc1. The number of benzene rings is 2. The normalized spacial score (nSPS) is 24.6. The standard InChI is InChI=1S/C22H25F2N3O/c23-16-9-10-21(20(24)11-16)26-22(28)25-17-12-18-7-4-8-19(13-17)27(18)14-15-5-2-1-3-6-15/h1-3,5-6,9-11,17-19H,4,7-8,12-14H2,(H2,25,26,28). The maximum atomic E-state index is 13.7. The van der Waals surface area contributed by atoms with Crippen molar-refractivity contribution in [2.45, 2.75) is 56.8 Å². The molecule has 2 fully saturated rings. The Morgan fingerprint density at radius 3 is 2.43 bits per heavy atom. The van der Waals surface area contributed by atoms with Gasteiger partial charge in [0.15, 0.2) is 0 Å². The Kier molecular flexibility index (Phi) is 5.57. The molecule has 2 aromatic carbocycles. The molecule has 148 valence electrons. The van der Waals surface area contributed by atoms with E-state index in [1.165, 1.54) is 18.1 Å². The number of carbonyl (C=O) groups excluding carboxylic acids is 1. The van der Waals surface area contributed by atoms with Crippen LogP contribution < -0.4 is 10.6 Å². The molecule has 2 saturated heterocycles. The molecule has 28 heavy (non-hydrogen) atoms. The van der Waals surface area contributed by atoms with Crippen molar-refractivity contribution in [2.75, 3.05) is 5.32 Å². The summed E-state index contributed by atoms with van der Waals surface area (Å²) >= 11 is 0. The molecule has 0 saturated carbocycles. The van der Waals surface area contributed by atoms with Crippen LogP contribution in [0.15, 0.2) is 48.5 Å². The van der Waals surface area contributed by atoms with E-state index in [1.807, 2.05) is 6.07 Å². The molecular formula is C22H25F2N3O.